The molecule has 2 aromatic heterocycles. The van der Waals surface area contributed by atoms with Crippen molar-refractivity contribution in [2.45, 2.75) is 38.1 Å². The fourth-order valence-corrected chi connectivity index (χ4v) is 3.86. The van der Waals surface area contributed by atoms with Crippen LogP contribution in [0.1, 0.15) is 30.6 Å². The highest BCUT2D eigenvalue weighted by molar-refractivity contribution is 5.86. The first-order chi connectivity index (χ1) is 12.6. The first-order valence-electron chi connectivity index (χ1n) is 9.20. The van der Waals surface area contributed by atoms with Gasteiger partial charge in [-0.1, -0.05) is 0 Å². The quantitative estimate of drug-likeness (QED) is 0.834. The zero-order valence-corrected chi connectivity index (χ0v) is 15.1. The van der Waals surface area contributed by atoms with E-state index in [0.29, 0.717) is 26.2 Å². The van der Waals surface area contributed by atoms with E-state index in [1.165, 1.54) is 0 Å². The number of amides is 2. The first-order valence-corrected chi connectivity index (χ1v) is 9.20. The Morgan fingerprint density at radius 2 is 1.92 bits per heavy atom. The molecular formula is C19H24N4O3. The molecule has 0 spiro atoms. The number of carbonyl (C=O) groups is 2. The van der Waals surface area contributed by atoms with Gasteiger partial charge >= 0.3 is 0 Å². The molecule has 4 rings (SSSR count). The fraction of sp³-hybridized carbons (Fsp3) is 0.526. The number of rotatable bonds is 4. The number of aryl methyl sites for hydroxylation is 1. The largest absolute Gasteiger partial charge is 0.469 e. The van der Waals surface area contributed by atoms with Gasteiger partial charge in [0.1, 0.15) is 11.3 Å². The van der Waals surface area contributed by atoms with E-state index in [0.717, 1.165) is 30.6 Å². The molecule has 0 unspecified atom stereocenters. The van der Waals surface area contributed by atoms with Gasteiger partial charge in [-0.2, -0.15) is 5.10 Å². The van der Waals surface area contributed by atoms with Crippen LogP contribution in [0.4, 0.5) is 0 Å². The summed E-state index contributed by atoms with van der Waals surface area (Å²) < 4.78 is 7.19. The summed E-state index contributed by atoms with van der Waals surface area (Å²) in [4.78, 5) is 29.3. The molecular weight excluding hydrogens is 332 g/mol. The van der Waals surface area contributed by atoms with Gasteiger partial charge in [-0.25, -0.2) is 0 Å². The zero-order valence-electron chi connectivity index (χ0n) is 15.1. The van der Waals surface area contributed by atoms with Gasteiger partial charge in [-0.05, 0) is 43.9 Å². The molecule has 7 heteroatoms. The fourth-order valence-electron chi connectivity index (χ4n) is 3.86. The number of piperazine rings is 1. The van der Waals surface area contributed by atoms with Crippen LogP contribution in [0.25, 0.3) is 0 Å². The van der Waals surface area contributed by atoms with Crippen molar-refractivity contribution < 1.29 is 14.0 Å². The van der Waals surface area contributed by atoms with Gasteiger partial charge < -0.3 is 14.2 Å². The minimum atomic E-state index is -0.513. The second-order valence-electron chi connectivity index (χ2n) is 7.21. The van der Waals surface area contributed by atoms with Crippen molar-refractivity contribution in [1.29, 1.82) is 0 Å². The molecule has 1 saturated carbocycles. The standard InChI is InChI=1S/C19H24N4O3/c1-15-4-13-26-16(15)14-17(24)21-9-11-22(12-10-21)18(25)19(5-2-6-19)23-8-3-7-20-23/h3-4,7-8,13H,2,5-6,9-12,14H2,1H3. The first kappa shape index (κ1) is 16.9. The Hall–Kier alpha value is -2.57. The summed E-state index contributed by atoms with van der Waals surface area (Å²) in [5, 5.41) is 4.31. The normalized spacial score (nSPS) is 19.3. The van der Waals surface area contributed by atoms with E-state index >= 15 is 0 Å². The van der Waals surface area contributed by atoms with Gasteiger partial charge in [0.25, 0.3) is 5.91 Å². The van der Waals surface area contributed by atoms with Crippen LogP contribution < -0.4 is 0 Å². The van der Waals surface area contributed by atoms with E-state index in [1.807, 2.05) is 39.7 Å². The van der Waals surface area contributed by atoms with E-state index in [4.69, 9.17) is 4.42 Å². The lowest BCUT2D eigenvalue weighted by molar-refractivity contribution is -0.150. The van der Waals surface area contributed by atoms with E-state index in [9.17, 15) is 9.59 Å². The third-order valence-corrected chi connectivity index (χ3v) is 5.72. The lowest BCUT2D eigenvalue weighted by Gasteiger charge is -2.45. The molecule has 0 aromatic carbocycles. The number of hydrogen-bond acceptors (Lipinski definition) is 4. The monoisotopic (exact) mass is 356 g/mol. The second kappa shape index (κ2) is 6.63. The minimum absolute atomic E-state index is 0.0561. The topological polar surface area (TPSA) is 71.6 Å². The number of furan rings is 1. The molecule has 7 nitrogen and oxygen atoms in total. The molecule has 138 valence electrons. The predicted octanol–water partition coefficient (Wildman–Crippen LogP) is 1.58. The summed E-state index contributed by atoms with van der Waals surface area (Å²) in [6, 6.07) is 3.73. The van der Waals surface area contributed by atoms with Crippen LogP contribution in [0.2, 0.25) is 0 Å². The summed E-state index contributed by atoms with van der Waals surface area (Å²) in [5.74, 6) is 0.919. The average Bonchev–Trinajstić information content (AvgIpc) is 3.27. The molecule has 2 aliphatic rings. The Morgan fingerprint density at radius 3 is 2.46 bits per heavy atom. The van der Waals surface area contributed by atoms with Gasteiger partial charge in [0, 0.05) is 38.6 Å². The lowest BCUT2D eigenvalue weighted by atomic mass is 9.75. The highest BCUT2D eigenvalue weighted by atomic mass is 16.3. The molecule has 1 aliphatic heterocycles. The molecule has 2 aromatic rings. The maximum absolute atomic E-state index is 13.1. The maximum atomic E-state index is 13.1. The molecule has 0 radical (unpaired) electrons. The third-order valence-electron chi connectivity index (χ3n) is 5.72. The van der Waals surface area contributed by atoms with Crippen LogP contribution in [0.15, 0.2) is 35.2 Å². The summed E-state index contributed by atoms with van der Waals surface area (Å²) >= 11 is 0. The maximum Gasteiger partial charge on any atom is 0.250 e. The van der Waals surface area contributed by atoms with Gasteiger partial charge in [0.15, 0.2) is 0 Å². The van der Waals surface area contributed by atoms with Crippen LogP contribution >= 0.6 is 0 Å². The molecule has 2 amide bonds. The van der Waals surface area contributed by atoms with Crippen LogP contribution in [0, 0.1) is 6.92 Å². The Labute approximate surface area is 152 Å². The highest BCUT2D eigenvalue weighted by Crippen LogP contribution is 2.40. The molecule has 3 heterocycles. The van der Waals surface area contributed by atoms with Crippen molar-refractivity contribution in [2.24, 2.45) is 0 Å². The average molecular weight is 356 g/mol. The van der Waals surface area contributed by atoms with Crippen molar-refractivity contribution in [2.75, 3.05) is 26.2 Å². The summed E-state index contributed by atoms with van der Waals surface area (Å²) in [6.07, 6.45) is 8.22. The van der Waals surface area contributed by atoms with E-state index < -0.39 is 5.54 Å². The van der Waals surface area contributed by atoms with Crippen molar-refractivity contribution in [3.05, 3.63) is 42.1 Å². The van der Waals surface area contributed by atoms with Crippen molar-refractivity contribution in [3.8, 4) is 0 Å². The van der Waals surface area contributed by atoms with Crippen molar-refractivity contribution in [3.63, 3.8) is 0 Å². The molecule has 0 bridgehead atoms. The number of nitrogens with zero attached hydrogens (tertiary/aromatic N) is 4. The van der Waals surface area contributed by atoms with Crippen molar-refractivity contribution in [1.82, 2.24) is 19.6 Å². The molecule has 1 aliphatic carbocycles. The van der Waals surface area contributed by atoms with E-state index in [-0.39, 0.29) is 18.2 Å². The molecule has 26 heavy (non-hydrogen) atoms. The van der Waals surface area contributed by atoms with E-state index in [2.05, 4.69) is 5.10 Å². The summed E-state index contributed by atoms with van der Waals surface area (Å²) in [6.45, 7) is 4.23. The van der Waals surface area contributed by atoms with Gasteiger partial charge in [-0.15, -0.1) is 0 Å². The van der Waals surface area contributed by atoms with Crippen LogP contribution in [0.3, 0.4) is 0 Å². The third kappa shape index (κ3) is 2.81. The van der Waals surface area contributed by atoms with Gasteiger partial charge in [-0.3, -0.25) is 14.3 Å². The Morgan fingerprint density at radius 1 is 1.19 bits per heavy atom. The van der Waals surface area contributed by atoms with Crippen molar-refractivity contribution >= 4 is 11.8 Å². The molecule has 0 atom stereocenters. The number of carbonyl (C=O) groups excluding carboxylic acids is 2. The SMILES string of the molecule is Cc1ccoc1CC(=O)N1CCN(C(=O)C2(n3cccn3)CCC2)CC1. The Bertz CT molecular complexity index is 784. The predicted molar refractivity (Wildman–Crippen MR) is 94.4 cm³/mol. The van der Waals surface area contributed by atoms with Gasteiger partial charge in [0.2, 0.25) is 5.91 Å². The highest BCUT2D eigenvalue weighted by Gasteiger charge is 2.49. The van der Waals surface area contributed by atoms with Gasteiger partial charge in [0.05, 0.1) is 12.7 Å². The van der Waals surface area contributed by atoms with Crippen LogP contribution in [-0.2, 0) is 21.5 Å². The number of aromatic nitrogens is 2. The molecule has 2 fully saturated rings. The summed E-state index contributed by atoms with van der Waals surface area (Å²) in [7, 11) is 0. The van der Waals surface area contributed by atoms with Crippen LogP contribution in [0.5, 0.6) is 0 Å². The van der Waals surface area contributed by atoms with E-state index in [1.54, 1.807) is 12.5 Å². The minimum Gasteiger partial charge on any atom is -0.469 e. The van der Waals surface area contributed by atoms with Crippen LogP contribution in [-0.4, -0.2) is 57.6 Å². The Kier molecular flexibility index (Phi) is 4.30. The molecule has 1 saturated heterocycles. The Balaban J connectivity index is 1.37. The molecule has 0 N–H and O–H groups in total. The second-order valence-corrected chi connectivity index (χ2v) is 7.21. The zero-order chi connectivity index (χ0) is 18.1. The smallest absolute Gasteiger partial charge is 0.250 e. The summed E-state index contributed by atoms with van der Waals surface area (Å²) in [5.41, 5.74) is 0.485. The lowest BCUT2D eigenvalue weighted by Crippen LogP contribution is -2.59. The number of hydrogen-bond donors (Lipinski definition) is 0.